The van der Waals surface area contributed by atoms with E-state index in [0.717, 1.165) is 16.5 Å². The molecular formula is C15H9NO3S. The molecule has 0 atom stereocenters. The molecule has 4 aromatic rings. The highest BCUT2D eigenvalue weighted by molar-refractivity contribution is 7.07. The first kappa shape index (κ1) is 11.4. The van der Waals surface area contributed by atoms with Gasteiger partial charge in [-0.3, -0.25) is 4.79 Å². The fourth-order valence-electron chi connectivity index (χ4n) is 2.30. The van der Waals surface area contributed by atoms with Crippen molar-refractivity contribution < 1.29 is 8.83 Å². The number of benzene rings is 1. The van der Waals surface area contributed by atoms with Gasteiger partial charge in [0.25, 0.3) is 0 Å². The summed E-state index contributed by atoms with van der Waals surface area (Å²) in [6.07, 6.45) is 3.14. The van der Waals surface area contributed by atoms with Gasteiger partial charge in [0.05, 0.1) is 28.4 Å². The van der Waals surface area contributed by atoms with Gasteiger partial charge in [0.2, 0.25) is 5.43 Å². The lowest BCUT2D eigenvalue weighted by molar-refractivity contribution is 0.596. The number of hydrogen-bond acceptors (Lipinski definition) is 5. The molecule has 3 aromatic heterocycles. The van der Waals surface area contributed by atoms with Crippen LogP contribution in [0.1, 0.15) is 5.56 Å². The molecule has 4 nitrogen and oxygen atoms in total. The summed E-state index contributed by atoms with van der Waals surface area (Å²) in [4.78, 5) is 16.7. The molecule has 0 unspecified atom stereocenters. The van der Waals surface area contributed by atoms with Crippen molar-refractivity contribution in [1.29, 1.82) is 0 Å². The van der Waals surface area contributed by atoms with Crippen molar-refractivity contribution >= 4 is 33.3 Å². The number of thiazole rings is 1. The largest absolute Gasteiger partial charge is 0.464 e. The van der Waals surface area contributed by atoms with Gasteiger partial charge in [-0.1, -0.05) is 0 Å². The van der Waals surface area contributed by atoms with E-state index in [9.17, 15) is 4.79 Å². The predicted octanol–water partition coefficient (Wildman–Crippen LogP) is 3.97. The standard InChI is InChI=1S/C15H9NO3S/c1-8-4-18-13-3-14-10(2-9(8)13)15(17)11(5-19-14)12-6-20-7-16-12/h2-7H,1H3. The van der Waals surface area contributed by atoms with E-state index < -0.39 is 0 Å². The van der Waals surface area contributed by atoms with Crippen molar-refractivity contribution in [3.63, 3.8) is 0 Å². The van der Waals surface area contributed by atoms with Crippen LogP contribution in [0.25, 0.3) is 33.2 Å². The molecule has 0 radical (unpaired) electrons. The van der Waals surface area contributed by atoms with E-state index in [1.165, 1.54) is 17.6 Å². The Hall–Kier alpha value is -2.40. The maximum absolute atomic E-state index is 12.6. The average molecular weight is 283 g/mol. The third-order valence-corrected chi connectivity index (χ3v) is 3.96. The Morgan fingerprint density at radius 3 is 2.70 bits per heavy atom. The zero-order valence-electron chi connectivity index (χ0n) is 10.5. The highest BCUT2D eigenvalue weighted by Gasteiger charge is 2.13. The Labute approximate surface area is 117 Å². The molecule has 3 heterocycles. The molecule has 0 fully saturated rings. The first-order valence-electron chi connectivity index (χ1n) is 6.06. The van der Waals surface area contributed by atoms with E-state index in [2.05, 4.69) is 4.98 Å². The minimum Gasteiger partial charge on any atom is -0.464 e. The molecule has 20 heavy (non-hydrogen) atoms. The van der Waals surface area contributed by atoms with Crippen LogP contribution in [0.2, 0.25) is 0 Å². The molecule has 5 heteroatoms. The number of nitrogens with zero attached hydrogens (tertiary/aromatic N) is 1. The Kier molecular flexibility index (Phi) is 2.31. The number of hydrogen-bond donors (Lipinski definition) is 0. The first-order chi connectivity index (χ1) is 9.74. The lowest BCUT2D eigenvalue weighted by Gasteiger charge is -2.00. The molecule has 0 bridgehead atoms. The topological polar surface area (TPSA) is 56.2 Å². The molecular weight excluding hydrogens is 274 g/mol. The second-order valence-corrected chi connectivity index (χ2v) is 5.33. The van der Waals surface area contributed by atoms with E-state index in [4.69, 9.17) is 8.83 Å². The summed E-state index contributed by atoms with van der Waals surface area (Å²) in [5.74, 6) is 0. The summed E-state index contributed by atoms with van der Waals surface area (Å²) < 4.78 is 11.0. The lowest BCUT2D eigenvalue weighted by Crippen LogP contribution is -2.04. The third kappa shape index (κ3) is 1.53. The van der Waals surface area contributed by atoms with Crippen molar-refractivity contribution in [2.75, 3.05) is 0 Å². The summed E-state index contributed by atoms with van der Waals surface area (Å²) in [6, 6.07) is 3.58. The van der Waals surface area contributed by atoms with Crippen LogP contribution in [0.5, 0.6) is 0 Å². The van der Waals surface area contributed by atoms with E-state index in [1.54, 1.807) is 17.8 Å². The second-order valence-electron chi connectivity index (χ2n) is 4.62. The van der Waals surface area contributed by atoms with E-state index >= 15 is 0 Å². The zero-order valence-corrected chi connectivity index (χ0v) is 11.4. The first-order valence-corrected chi connectivity index (χ1v) is 7.00. The predicted molar refractivity (Wildman–Crippen MR) is 78.1 cm³/mol. The van der Waals surface area contributed by atoms with Crippen LogP contribution in [0.15, 0.2) is 49.2 Å². The molecule has 0 aliphatic heterocycles. The van der Waals surface area contributed by atoms with Gasteiger partial charge in [-0.25, -0.2) is 4.98 Å². The molecule has 0 aliphatic rings. The summed E-state index contributed by atoms with van der Waals surface area (Å²) in [5, 5.41) is 3.31. The molecule has 0 saturated carbocycles. The van der Waals surface area contributed by atoms with Gasteiger partial charge in [-0.05, 0) is 18.6 Å². The molecule has 0 N–H and O–H groups in total. The maximum Gasteiger partial charge on any atom is 0.202 e. The molecule has 0 saturated heterocycles. The summed E-state index contributed by atoms with van der Waals surface area (Å²) >= 11 is 1.45. The van der Waals surface area contributed by atoms with E-state index in [0.29, 0.717) is 22.2 Å². The second kappa shape index (κ2) is 4.05. The maximum atomic E-state index is 12.6. The average Bonchev–Trinajstić information content (AvgIpc) is 3.09. The Bertz CT molecular complexity index is 980. The van der Waals surface area contributed by atoms with Crippen LogP contribution in [-0.4, -0.2) is 4.98 Å². The van der Waals surface area contributed by atoms with Crippen LogP contribution in [0.4, 0.5) is 0 Å². The summed E-state index contributed by atoms with van der Waals surface area (Å²) in [6.45, 7) is 1.95. The SMILES string of the molecule is Cc1coc2cc3occ(-c4cscn4)c(=O)c3cc12. The van der Waals surface area contributed by atoms with Gasteiger partial charge >= 0.3 is 0 Å². The zero-order chi connectivity index (χ0) is 13.7. The van der Waals surface area contributed by atoms with Crippen molar-refractivity contribution in [1.82, 2.24) is 4.98 Å². The minimum atomic E-state index is -0.0698. The summed E-state index contributed by atoms with van der Waals surface area (Å²) in [7, 11) is 0. The highest BCUT2D eigenvalue weighted by atomic mass is 32.1. The number of rotatable bonds is 1. The monoisotopic (exact) mass is 283 g/mol. The van der Waals surface area contributed by atoms with Crippen molar-refractivity contribution in [2.24, 2.45) is 0 Å². The number of aryl methyl sites for hydroxylation is 1. The normalized spacial score (nSPS) is 11.4. The fourth-order valence-corrected chi connectivity index (χ4v) is 2.85. The van der Waals surface area contributed by atoms with E-state index in [1.807, 2.05) is 18.4 Å². The Balaban J connectivity index is 2.12. The third-order valence-electron chi connectivity index (χ3n) is 3.37. The van der Waals surface area contributed by atoms with Crippen LogP contribution >= 0.6 is 11.3 Å². The fraction of sp³-hybridized carbons (Fsp3) is 0.0667. The molecule has 0 spiro atoms. The van der Waals surface area contributed by atoms with Gasteiger partial charge in [-0.2, -0.15) is 0 Å². The van der Waals surface area contributed by atoms with Crippen LogP contribution < -0.4 is 5.43 Å². The van der Waals surface area contributed by atoms with Gasteiger partial charge in [0.1, 0.15) is 17.4 Å². The number of furan rings is 1. The number of aromatic nitrogens is 1. The van der Waals surface area contributed by atoms with Gasteiger partial charge in [-0.15, -0.1) is 11.3 Å². The lowest BCUT2D eigenvalue weighted by atomic mass is 10.1. The Morgan fingerprint density at radius 1 is 1.10 bits per heavy atom. The highest BCUT2D eigenvalue weighted by Crippen LogP contribution is 2.27. The summed E-state index contributed by atoms with van der Waals surface area (Å²) in [5.41, 5.74) is 5.01. The molecule has 0 aliphatic carbocycles. The van der Waals surface area contributed by atoms with E-state index in [-0.39, 0.29) is 5.43 Å². The van der Waals surface area contributed by atoms with Gasteiger partial charge in [0, 0.05) is 16.8 Å². The quantitative estimate of drug-likeness (QED) is 0.530. The Morgan fingerprint density at radius 2 is 1.90 bits per heavy atom. The number of fused-ring (bicyclic) bond motifs is 2. The van der Waals surface area contributed by atoms with Crippen LogP contribution in [0.3, 0.4) is 0 Å². The van der Waals surface area contributed by atoms with Gasteiger partial charge in [0.15, 0.2) is 0 Å². The minimum absolute atomic E-state index is 0.0698. The molecule has 1 aromatic carbocycles. The molecule has 0 amide bonds. The molecule has 4 rings (SSSR count). The smallest absolute Gasteiger partial charge is 0.202 e. The van der Waals surface area contributed by atoms with Gasteiger partial charge < -0.3 is 8.83 Å². The van der Waals surface area contributed by atoms with Crippen LogP contribution in [0, 0.1) is 6.92 Å². The van der Waals surface area contributed by atoms with Crippen LogP contribution in [-0.2, 0) is 0 Å². The molecule has 98 valence electrons. The van der Waals surface area contributed by atoms with Crippen molar-refractivity contribution in [3.05, 3.63) is 51.3 Å². The van der Waals surface area contributed by atoms with Crippen molar-refractivity contribution in [3.8, 4) is 11.3 Å². The van der Waals surface area contributed by atoms with Crippen molar-refractivity contribution in [2.45, 2.75) is 6.92 Å².